The highest BCUT2D eigenvalue weighted by atomic mass is 14.7. The van der Waals surface area contributed by atoms with Gasteiger partial charge in [0.2, 0.25) is 0 Å². The number of anilines is 1. The van der Waals surface area contributed by atoms with E-state index in [1.54, 1.807) is 0 Å². The van der Waals surface area contributed by atoms with Gasteiger partial charge in [0.15, 0.2) is 0 Å². The van der Waals surface area contributed by atoms with Crippen molar-refractivity contribution in [2.24, 2.45) is 5.73 Å². The Balaban J connectivity index is 3.01. The van der Waals surface area contributed by atoms with E-state index in [4.69, 9.17) is 11.5 Å². The van der Waals surface area contributed by atoms with Crippen LogP contribution in [0.1, 0.15) is 26.3 Å². The van der Waals surface area contributed by atoms with Gasteiger partial charge in [-0.1, -0.05) is 26.0 Å². The monoisotopic (exact) mass is 178 g/mol. The molecule has 0 aliphatic carbocycles. The molecule has 0 radical (unpaired) electrons. The molecule has 13 heavy (non-hydrogen) atoms. The van der Waals surface area contributed by atoms with Crippen molar-refractivity contribution >= 4 is 5.69 Å². The highest BCUT2D eigenvalue weighted by Gasteiger charge is 2.24. The number of nitrogen functional groups attached to an aromatic ring is 1. The van der Waals surface area contributed by atoms with Crippen LogP contribution < -0.4 is 11.5 Å². The first-order valence-electron chi connectivity index (χ1n) is 4.56. The Hall–Kier alpha value is -1.02. The van der Waals surface area contributed by atoms with Gasteiger partial charge in [0.25, 0.3) is 0 Å². The number of hydrogen-bond acceptors (Lipinski definition) is 2. The quantitative estimate of drug-likeness (QED) is 0.679. The van der Waals surface area contributed by atoms with Gasteiger partial charge in [-0.3, -0.25) is 0 Å². The van der Waals surface area contributed by atoms with Crippen molar-refractivity contribution in [3.05, 3.63) is 29.8 Å². The number of rotatable bonds is 2. The first-order chi connectivity index (χ1) is 5.94. The van der Waals surface area contributed by atoms with Crippen LogP contribution in [0.15, 0.2) is 24.3 Å². The topological polar surface area (TPSA) is 52.0 Å². The molecule has 1 atom stereocenters. The van der Waals surface area contributed by atoms with Crippen molar-refractivity contribution in [3.63, 3.8) is 0 Å². The van der Waals surface area contributed by atoms with Crippen LogP contribution in [-0.2, 0) is 5.41 Å². The zero-order chi connectivity index (χ0) is 10.1. The molecule has 0 saturated heterocycles. The van der Waals surface area contributed by atoms with E-state index in [2.05, 4.69) is 13.8 Å². The summed E-state index contributed by atoms with van der Waals surface area (Å²) in [6.07, 6.45) is 0. The van der Waals surface area contributed by atoms with Crippen molar-refractivity contribution in [1.29, 1.82) is 0 Å². The highest BCUT2D eigenvalue weighted by Crippen LogP contribution is 2.26. The SMILES string of the molecule is CC(N)C(C)(C)c1ccc(N)cc1. The van der Waals surface area contributed by atoms with Crippen LogP contribution in [0.4, 0.5) is 5.69 Å². The van der Waals surface area contributed by atoms with Crippen LogP contribution in [0, 0.1) is 0 Å². The molecule has 0 spiro atoms. The molecule has 1 aromatic rings. The summed E-state index contributed by atoms with van der Waals surface area (Å²) in [6, 6.07) is 8.05. The fraction of sp³-hybridized carbons (Fsp3) is 0.455. The Labute approximate surface area is 79.9 Å². The highest BCUT2D eigenvalue weighted by molar-refractivity contribution is 5.41. The van der Waals surface area contributed by atoms with Crippen molar-refractivity contribution < 1.29 is 0 Å². The summed E-state index contributed by atoms with van der Waals surface area (Å²) in [5.74, 6) is 0. The Morgan fingerprint density at radius 2 is 1.62 bits per heavy atom. The third-order valence-electron chi connectivity index (χ3n) is 2.79. The predicted octanol–water partition coefficient (Wildman–Crippen LogP) is 1.89. The largest absolute Gasteiger partial charge is 0.399 e. The molecule has 0 heterocycles. The summed E-state index contributed by atoms with van der Waals surface area (Å²) in [4.78, 5) is 0. The van der Waals surface area contributed by atoms with Gasteiger partial charge in [-0.05, 0) is 24.6 Å². The molecule has 2 nitrogen and oxygen atoms in total. The maximum Gasteiger partial charge on any atom is 0.0314 e. The minimum Gasteiger partial charge on any atom is -0.399 e. The van der Waals surface area contributed by atoms with Gasteiger partial charge in [-0.25, -0.2) is 0 Å². The van der Waals surface area contributed by atoms with Gasteiger partial charge < -0.3 is 11.5 Å². The molecular formula is C11H18N2. The summed E-state index contributed by atoms with van der Waals surface area (Å²) < 4.78 is 0. The first-order valence-corrected chi connectivity index (χ1v) is 4.56. The third-order valence-corrected chi connectivity index (χ3v) is 2.79. The van der Waals surface area contributed by atoms with Gasteiger partial charge in [0, 0.05) is 17.1 Å². The van der Waals surface area contributed by atoms with E-state index < -0.39 is 0 Å². The van der Waals surface area contributed by atoms with Crippen LogP contribution in [0.5, 0.6) is 0 Å². The van der Waals surface area contributed by atoms with Gasteiger partial charge in [-0.2, -0.15) is 0 Å². The second-order valence-corrected chi connectivity index (χ2v) is 4.13. The van der Waals surface area contributed by atoms with Gasteiger partial charge >= 0.3 is 0 Å². The van der Waals surface area contributed by atoms with E-state index in [9.17, 15) is 0 Å². The summed E-state index contributed by atoms with van der Waals surface area (Å²) in [6.45, 7) is 6.31. The maximum absolute atomic E-state index is 5.91. The average Bonchev–Trinajstić information content (AvgIpc) is 2.04. The molecule has 0 bridgehead atoms. The molecule has 72 valence electrons. The van der Waals surface area contributed by atoms with Crippen molar-refractivity contribution in [2.75, 3.05) is 5.73 Å². The fourth-order valence-corrected chi connectivity index (χ4v) is 1.18. The van der Waals surface area contributed by atoms with Crippen LogP contribution in [-0.4, -0.2) is 6.04 Å². The molecule has 0 aliphatic heterocycles. The maximum atomic E-state index is 5.91. The molecule has 0 aromatic heterocycles. The second kappa shape index (κ2) is 3.38. The van der Waals surface area contributed by atoms with E-state index in [-0.39, 0.29) is 11.5 Å². The molecule has 0 amide bonds. The smallest absolute Gasteiger partial charge is 0.0314 e. The van der Waals surface area contributed by atoms with Crippen LogP contribution >= 0.6 is 0 Å². The lowest BCUT2D eigenvalue weighted by Crippen LogP contribution is -2.38. The Bertz CT molecular complexity index is 273. The molecule has 0 aliphatic rings. The predicted molar refractivity (Wildman–Crippen MR) is 57.5 cm³/mol. The fourth-order valence-electron chi connectivity index (χ4n) is 1.18. The standard InChI is InChI=1S/C11H18N2/c1-8(12)11(2,3)9-4-6-10(13)7-5-9/h4-8H,12-13H2,1-3H3. The molecule has 1 unspecified atom stereocenters. The third kappa shape index (κ3) is 2.01. The average molecular weight is 178 g/mol. The molecule has 0 saturated carbocycles. The van der Waals surface area contributed by atoms with Gasteiger partial charge in [0.05, 0.1) is 0 Å². The lowest BCUT2D eigenvalue weighted by atomic mass is 9.79. The normalized spacial score (nSPS) is 14.2. The zero-order valence-electron chi connectivity index (χ0n) is 8.54. The van der Waals surface area contributed by atoms with Crippen molar-refractivity contribution in [1.82, 2.24) is 0 Å². The van der Waals surface area contributed by atoms with Crippen LogP contribution in [0.25, 0.3) is 0 Å². The van der Waals surface area contributed by atoms with Crippen molar-refractivity contribution in [3.8, 4) is 0 Å². The second-order valence-electron chi connectivity index (χ2n) is 4.13. The van der Waals surface area contributed by atoms with E-state index >= 15 is 0 Å². The lowest BCUT2D eigenvalue weighted by molar-refractivity contribution is 0.434. The minimum absolute atomic E-state index is 0.00764. The Morgan fingerprint density at radius 3 is 2.00 bits per heavy atom. The Morgan fingerprint density at radius 1 is 1.15 bits per heavy atom. The molecule has 0 fully saturated rings. The molecule has 4 N–H and O–H groups in total. The first kappa shape index (κ1) is 10.1. The summed E-state index contributed by atoms with van der Waals surface area (Å²) in [5, 5.41) is 0. The van der Waals surface area contributed by atoms with Crippen molar-refractivity contribution in [2.45, 2.75) is 32.2 Å². The summed E-state index contributed by atoms with van der Waals surface area (Å²) >= 11 is 0. The van der Waals surface area contributed by atoms with Crippen LogP contribution in [0.2, 0.25) is 0 Å². The van der Waals surface area contributed by atoms with E-state index in [1.807, 2.05) is 31.2 Å². The zero-order valence-corrected chi connectivity index (χ0v) is 8.54. The van der Waals surface area contributed by atoms with Gasteiger partial charge in [-0.15, -0.1) is 0 Å². The van der Waals surface area contributed by atoms with E-state index in [0.717, 1.165) is 5.69 Å². The number of hydrogen-bond donors (Lipinski definition) is 2. The summed E-state index contributed by atoms with van der Waals surface area (Å²) in [5.41, 5.74) is 13.6. The molecular weight excluding hydrogens is 160 g/mol. The number of benzene rings is 1. The van der Waals surface area contributed by atoms with Crippen LogP contribution in [0.3, 0.4) is 0 Å². The summed E-state index contributed by atoms with van der Waals surface area (Å²) in [7, 11) is 0. The molecule has 1 rings (SSSR count). The minimum atomic E-state index is 0.00764. The van der Waals surface area contributed by atoms with E-state index in [0.29, 0.717) is 0 Å². The van der Waals surface area contributed by atoms with Gasteiger partial charge in [0.1, 0.15) is 0 Å². The molecule has 2 heteroatoms. The van der Waals surface area contributed by atoms with E-state index in [1.165, 1.54) is 5.56 Å². The molecule has 1 aromatic carbocycles. The Kier molecular flexibility index (Phi) is 2.62. The lowest BCUT2D eigenvalue weighted by Gasteiger charge is -2.29. The number of nitrogens with two attached hydrogens (primary N) is 2.